The molecule has 0 aromatic heterocycles. The normalized spacial score (nSPS) is 14.7. The van der Waals surface area contributed by atoms with Gasteiger partial charge in [0.25, 0.3) is 5.91 Å². The van der Waals surface area contributed by atoms with Gasteiger partial charge in [-0.1, -0.05) is 24.3 Å². The fourth-order valence-electron chi connectivity index (χ4n) is 3.11. The molecule has 8 heteroatoms. The smallest absolute Gasteiger partial charge is 0.329 e. The Balaban J connectivity index is 1.78. The van der Waals surface area contributed by atoms with Crippen LogP contribution in [0.4, 0.5) is 10.5 Å². The number of para-hydroxylation sites is 1. The van der Waals surface area contributed by atoms with Gasteiger partial charge in [0.2, 0.25) is 5.91 Å². The molecule has 0 saturated carbocycles. The van der Waals surface area contributed by atoms with E-state index in [4.69, 9.17) is 9.47 Å². The minimum absolute atomic E-state index is 0.0511. The highest BCUT2D eigenvalue weighted by atomic mass is 16.5. The summed E-state index contributed by atoms with van der Waals surface area (Å²) in [5.74, 6) is -0.0948. The summed E-state index contributed by atoms with van der Waals surface area (Å²) in [5.41, 5.74) is 2.20. The molecule has 4 amide bonds. The zero-order valence-electron chi connectivity index (χ0n) is 17.9. The van der Waals surface area contributed by atoms with Gasteiger partial charge in [-0.15, -0.1) is 0 Å². The third-order valence-corrected chi connectivity index (χ3v) is 4.45. The van der Waals surface area contributed by atoms with E-state index in [9.17, 15) is 14.4 Å². The van der Waals surface area contributed by atoms with Crippen molar-refractivity contribution in [1.82, 2.24) is 10.2 Å². The first kappa shape index (κ1) is 21.9. The number of hydrogen-bond acceptors (Lipinski definition) is 5. The maximum atomic E-state index is 12.8. The van der Waals surface area contributed by atoms with E-state index < -0.39 is 24.4 Å². The van der Waals surface area contributed by atoms with Crippen molar-refractivity contribution in [2.24, 2.45) is 0 Å². The Bertz CT molecular complexity index is 1050. The van der Waals surface area contributed by atoms with Gasteiger partial charge in [0.1, 0.15) is 12.2 Å². The van der Waals surface area contributed by atoms with Crippen LogP contribution in [0.5, 0.6) is 11.5 Å². The maximum absolute atomic E-state index is 12.8. The summed E-state index contributed by atoms with van der Waals surface area (Å²) in [5, 5.41) is 5.21. The average molecular weight is 423 g/mol. The minimum atomic E-state index is -0.662. The number of nitrogens with zero attached hydrogens (tertiary/aromatic N) is 1. The molecule has 0 radical (unpaired) electrons. The standard InChI is InChI=1S/C23H25N3O5/c1-14(2)31-21-16(8-6-10-19(21)30-4)12-18-22(28)26(23(29)25-18)13-20(27)24-17-9-5-7-15(3)11-17/h5-12,14H,13H2,1-4H3,(H,24,27)(H,25,29)/b18-12-. The lowest BCUT2D eigenvalue weighted by Gasteiger charge is -2.16. The number of anilines is 1. The Morgan fingerprint density at radius 2 is 1.94 bits per heavy atom. The molecule has 1 saturated heterocycles. The van der Waals surface area contributed by atoms with E-state index >= 15 is 0 Å². The fraction of sp³-hybridized carbons (Fsp3) is 0.261. The molecule has 0 atom stereocenters. The number of nitrogens with one attached hydrogen (secondary N) is 2. The SMILES string of the molecule is COc1cccc(/C=C2\NC(=O)N(CC(=O)Nc3cccc(C)c3)C2=O)c1OC(C)C. The molecule has 0 unspecified atom stereocenters. The molecule has 1 aliphatic heterocycles. The first-order chi connectivity index (χ1) is 14.8. The predicted molar refractivity (Wildman–Crippen MR) is 117 cm³/mol. The Hall–Kier alpha value is -3.81. The largest absolute Gasteiger partial charge is 0.493 e. The van der Waals surface area contributed by atoms with Gasteiger partial charge < -0.3 is 20.1 Å². The molecule has 0 spiro atoms. The molecular weight excluding hydrogens is 398 g/mol. The molecule has 1 heterocycles. The quantitative estimate of drug-likeness (QED) is 0.526. The molecular formula is C23H25N3O5. The van der Waals surface area contributed by atoms with Crippen LogP contribution in [0.1, 0.15) is 25.0 Å². The van der Waals surface area contributed by atoms with Gasteiger partial charge in [0, 0.05) is 11.3 Å². The summed E-state index contributed by atoms with van der Waals surface area (Å²) < 4.78 is 11.2. The molecule has 0 aliphatic carbocycles. The Morgan fingerprint density at radius 1 is 1.19 bits per heavy atom. The lowest BCUT2D eigenvalue weighted by Crippen LogP contribution is -2.38. The number of imide groups is 1. The first-order valence-corrected chi connectivity index (χ1v) is 9.83. The van der Waals surface area contributed by atoms with E-state index in [0.29, 0.717) is 22.7 Å². The van der Waals surface area contributed by atoms with Crippen molar-refractivity contribution in [2.45, 2.75) is 26.9 Å². The Labute approximate surface area is 180 Å². The van der Waals surface area contributed by atoms with Crippen molar-refractivity contribution in [2.75, 3.05) is 19.0 Å². The fourth-order valence-corrected chi connectivity index (χ4v) is 3.11. The topological polar surface area (TPSA) is 97.0 Å². The van der Waals surface area contributed by atoms with Gasteiger partial charge in [0.15, 0.2) is 11.5 Å². The number of rotatable bonds is 7. The van der Waals surface area contributed by atoms with Crippen LogP contribution in [0, 0.1) is 6.92 Å². The zero-order chi connectivity index (χ0) is 22.5. The first-order valence-electron chi connectivity index (χ1n) is 9.83. The van der Waals surface area contributed by atoms with Crippen LogP contribution in [0.3, 0.4) is 0 Å². The number of amides is 4. The number of carbonyl (C=O) groups excluding carboxylic acids is 3. The summed E-state index contributed by atoms with van der Waals surface area (Å²) >= 11 is 0. The predicted octanol–water partition coefficient (Wildman–Crippen LogP) is 3.32. The third-order valence-electron chi connectivity index (χ3n) is 4.45. The highest BCUT2D eigenvalue weighted by Crippen LogP contribution is 2.33. The minimum Gasteiger partial charge on any atom is -0.493 e. The number of benzene rings is 2. The number of aryl methyl sites for hydroxylation is 1. The van der Waals surface area contributed by atoms with E-state index in [-0.39, 0.29) is 11.8 Å². The van der Waals surface area contributed by atoms with Crippen molar-refractivity contribution >= 4 is 29.6 Å². The second kappa shape index (κ2) is 9.34. The van der Waals surface area contributed by atoms with E-state index in [1.54, 1.807) is 30.3 Å². The lowest BCUT2D eigenvalue weighted by atomic mass is 10.1. The molecule has 2 aromatic carbocycles. The Morgan fingerprint density at radius 3 is 2.61 bits per heavy atom. The van der Waals surface area contributed by atoms with Gasteiger partial charge in [0.05, 0.1) is 13.2 Å². The van der Waals surface area contributed by atoms with Crippen molar-refractivity contribution in [3.05, 3.63) is 59.3 Å². The number of urea groups is 1. The second-order valence-electron chi connectivity index (χ2n) is 7.34. The van der Waals surface area contributed by atoms with Crippen LogP contribution >= 0.6 is 0 Å². The zero-order valence-corrected chi connectivity index (χ0v) is 17.9. The summed E-state index contributed by atoms with van der Waals surface area (Å²) in [7, 11) is 1.52. The second-order valence-corrected chi connectivity index (χ2v) is 7.34. The van der Waals surface area contributed by atoms with E-state index in [1.165, 1.54) is 13.2 Å². The third kappa shape index (κ3) is 5.22. The summed E-state index contributed by atoms with van der Waals surface area (Å²) in [6.45, 7) is 5.25. The van der Waals surface area contributed by atoms with Crippen LogP contribution in [-0.4, -0.2) is 42.5 Å². The highest BCUT2D eigenvalue weighted by Gasteiger charge is 2.35. The number of carbonyl (C=O) groups is 3. The molecule has 1 fully saturated rings. The lowest BCUT2D eigenvalue weighted by molar-refractivity contribution is -0.127. The van der Waals surface area contributed by atoms with E-state index in [2.05, 4.69) is 10.6 Å². The van der Waals surface area contributed by atoms with Crippen LogP contribution in [0.25, 0.3) is 6.08 Å². The number of ether oxygens (including phenoxy) is 2. The van der Waals surface area contributed by atoms with Crippen molar-refractivity contribution < 1.29 is 23.9 Å². The molecule has 3 rings (SSSR count). The molecule has 8 nitrogen and oxygen atoms in total. The van der Waals surface area contributed by atoms with Crippen LogP contribution in [0.15, 0.2) is 48.2 Å². The summed E-state index contributed by atoms with van der Waals surface area (Å²) in [4.78, 5) is 38.3. The maximum Gasteiger partial charge on any atom is 0.329 e. The summed E-state index contributed by atoms with van der Waals surface area (Å²) in [6, 6.07) is 11.8. The summed E-state index contributed by atoms with van der Waals surface area (Å²) in [6.07, 6.45) is 1.39. The van der Waals surface area contributed by atoms with Gasteiger partial charge in [-0.3, -0.25) is 9.59 Å². The molecule has 2 aromatic rings. The average Bonchev–Trinajstić information content (AvgIpc) is 2.96. The molecule has 0 bridgehead atoms. The monoisotopic (exact) mass is 423 g/mol. The van der Waals surface area contributed by atoms with Gasteiger partial charge in [-0.25, -0.2) is 9.69 Å². The van der Waals surface area contributed by atoms with E-state index in [0.717, 1.165) is 10.5 Å². The van der Waals surface area contributed by atoms with E-state index in [1.807, 2.05) is 32.9 Å². The van der Waals surface area contributed by atoms with Gasteiger partial charge >= 0.3 is 6.03 Å². The number of methoxy groups -OCH3 is 1. The van der Waals surface area contributed by atoms with Crippen LogP contribution < -0.4 is 20.1 Å². The molecule has 2 N–H and O–H groups in total. The van der Waals surface area contributed by atoms with Crippen molar-refractivity contribution in [1.29, 1.82) is 0 Å². The highest BCUT2D eigenvalue weighted by molar-refractivity contribution is 6.16. The molecule has 162 valence electrons. The number of hydrogen-bond donors (Lipinski definition) is 2. The van der Waals surface area contributed by atoms with Crippen molar-refractivity contribution in [3.63, 3.8) is 0 Å². The van der Waals surface area contributed by atoms with Crippen molar-refractivity contribution in [3.8, 4) is 11.5 Å². The van der Waals surface area contributed by atoms with Crippen LogP contribution in [-0.2, 0) is 9.59 Å². The van der Waals surface area contributed by atoms with Crippen LogP contribution in [0.2, 0.25) is 0 Å². The van der Waals surface area contributed by atoms with Gasteiger partial charge in [-0.05, 0) is 50.6 Å². The molecule has 31 heavy (non-hydrogen) atoms. The molecule has 1 aliphatic rings. The van der Waals surface area contributed by atoms with Gasteiger partial charge in [-0.2, -0.15) is 0 Å². The Kier molecular flexibility index (Phi) is 6.59.